The number of carbonyl (C=O) groups is 1. The Morgan fingerprint density at radius 1 is 1.54 bits per heavy atom. The molecule has 0 bridgehead atoms. The van der Waals surface area contributed by atoms with Crippen LogP contribution in [-0.2, 0) is 9.53 Å². The summed E-state index contributed by atoms with van der Waals surface area (Å²) in [6, 6.07) is 0. The van der Waals surface area contributed by atoms with E-state index >= 15 is 0 Å². The molecule has 1 rings (SSSR count). The molecular weight excluding hydrogens is 187 g/mol. The van der Waals surface area contributed by atoms with Gasteiger partial charge in [-0.1, -0.05) is 5.92 Å². The molecule has 0 aromatic rings. The molecule has 3 nitrogen and oxygen atoms in total. The molecule has 1 saturated heterocycles. The second-order valence-electron chi connectivity index (χ2n) is 2.63. The van der Waals surface area contributed by atoms with Crippen molar-refractivity contribution < 1.29 is 22.7 Å². The lowest BCUT2D eigenvalue weighted by atomic mass is 9.98. The van der Waals surface area contributed by atoms with Crippen LogP contribution in [0.1, 0.15) is 0 Å². The van der Waals surface area contributed by atoms with E-state index < -0.39 is 17.7 Å². The zero-order chi connectivity index (χ0) is 10.1. The summed E-state index contributed by atoms with van der Waals surface area (Å²) >= 11 is 0. The molecule has 1 aliphatic heterocycles. The number of carbonyl (C=O) groups excluding carboxylic acids is 1. The van der Waals surface area contributed by atoms with Gasteiger partial charge in [0, 0.05) is 13.1 Å². The van der Waals surface area contributed by atoms with Crippen molar-refractivity contribution >= 4 is 5.97 Å². The third-order valence-electron chi connectivity index (χ3n) is 1.60. The summed E-state index contributed by atoms with van der Waals surface area (Å²) in [6.45, 7) is 0.122. The Hall–Kier alpha value is -1.22. The van der Waals surface area contributed by atoms with Gasteiger partial charge in [0.25, 0.3) is 0 Å². The average Bonchev–Trinajstić information content (AvgIpc) is 1.94. The third-order valence-corrected chi connectivity index (χ3v) is 1.60. The van der Waals surface area contributed by atoms with Gasteiger partial charge in [0.1, 0.15) is 0 Å². The van der Waals surface area contributed by atoms with Crippen LogP contribution < -0.4 is 5.32 Å². The Bertz CT molecular complexity index is 262. The molecule has 0 atom stereocenters. The quantitative estimate of drug-likeness (QED) is 0.473. The number of hydrogen-bond acceptors (Lipinski definition) is 3. The number of rotatable bonds is 1. The lowest BCUT2D eigenvalue weighted by molar-refractivity contribution is -0.212. The smallest absolute Gasteiger partial charge is 0.436 e. The minimum Gasteiger partial charge on any atom is -0.436 e. The van der Waals surface area contributed by atoms with Crippen molar-refractivity contribution in [3.63, 3.8) is 0 Å². The molecule has 1 heterocycles. The van der Waals surface area contributed by atoms with Crippen LogP contribution in [0.25, 0.3) is 0 Å². The summed E-state index contributed by atoms with van der Waals surface area (Å²) in [5.41, 5.74) is -1.41. The maximum atomic E-state index is 11.7. The summed E-state index contributed by atoms with van der Waals surface area (Å²) in [6.07, 6.45) is -0.0609. The number of nitrogens with one attached hydrogen (secondary N) is 1. The van der Waals surface area contributed by atoms with E-state index in [1.807, 2.05) is 5.92 Å². The van der Waals surface area contributed by atoms with Gasteiger partial charge in [0.2, 0.25) is 0 Å². The molecule has 13 heavy (non-hydrogen) atoms. The standard InChI is InChI=1S/C7H6F3NO2/c1-2-6(3-11-4-6)13-5(12)7(8,9)10/h1,11H,3-4H2. The van der Waals surface area contributed by atoms with Crippen LogP contribution in [0, 0.1) is 12.3 Å². The summed E-state index contributed by atoms with van der Waals surface area (Å²) in [4.78, 5) is 10.4. The molecule has 0 aromatic carbocycles. The van der Waals surface area contributed by atoms with Crippen molar-refractivity contribution in [3.8, 4) is 12.3 Å². The monoisotopic (exact) mass is 193 g/mol. The van der Waals surface area contributed by atoms with Gasteiger partial charge in [-0.3, -0.25) is 0 Å². The van der Waals surface area contributed by atoms with Crippen molar-refractivity contribution in [2.75, 3.05) is 13.1 Å². The molecule has 0 saturated carbocycles. The van der Waals surface area contributed by atoms with E-state index in [2.05, 4.69) is 10.1 Å². The minimum atomic E-state index is -4.99. The molecular formula is C7H6F3NO2. The minimum absolute atomic E-state index is 0.0608. The highest BCUT2D eigenvalue weighted by Gasteiger charge is 2.48. The predicted molar refractivity (Wildman–Crippen MR) is 36.6 cm³/mol. The molecule has 0 radical (unpaired) electrons. The molecule has 0 aromatic heterocycles. The maximum absolute atomic E-state index is 11.7. The van der Waals surface area contributed by atoms with Gasteiger partial charge in [-0.15, -0.1) is 6.42 Å². The molecule has 1 N–H and O–H groups in total. The van der Waals surface area contributed by atoms with E-state index in [0.717, 1.165) is 0 Å². The fourth-order valence-electron chi connectivity index (χ4n) is 0.791. The predicted octanol–water partition coefficient (Wildman–Crippen LogP) is 0.0671. The topological polar surface area (TPSA) is 38.3 Å². The van der Waals surface area contributed by atoms with Crippen LogP contribution in [0.2, 0.25) is 0 Å². The van der Waals surface area contributed by atoms with Crippen molar-refractivity contribution in [1.82, 2.24) is 5.32 Å². The number of halogens is 3. The Balaban J connectivity index is 2.59. The molecule has 0 spiro atoms. The van der Waals surface area contributed by atoms with Crippen molar-refractivity contribution in [2.45, 2.75) is 11.8 Å². The van der Waals surface area contributed by atoms with E-state index in [-0.39, 0.29) is 13.1 Å². The van der Waals surface area contributed by atoms with E-state index in [9.17, 15) is 18.0 Å². The first-order valence-corrected chi connectivity index (χ1v) is 3.38. The third kappa shape index (κ3) is 1.92. The Kier molecular flexibility index (Phi) is 2.22. The summed E-state index contributed by atoms with van der Waals surface area (Å²) < 4.78 is 39.3. The van der Waals surface area contributed by atoms with Gasteiger partial charge in [0.05, 0.1) is 0 Å². The zero-order valence-electron chi connectivity index (χ0n) is 6.44. The van der Waals surface area contributed by atoms with Crippen molar-refractivity contribution in [2.24, 2.45) is 0 Å². The highest BCUT2D eigenvalue weighted by molar-refractivity contribution is 5.76. The fourth-order valence-corrected chi connectivity index (χ4v) is 0.791. The van der Waals surface area contributed by atoms with Crippen LogP contribution in [0.5, 0.6) is 0 Å². The lowest BCUT2D eigenvalue weighted by Gasteiger charge is -2.37. The second-order valence-corrected chi connectivity index (χ2v) is 2.63. The number of ether oxygens (including phenoxy) is 1. The molecule has 0 amide bonds. The normalized spacial score (nSPS) is 19.8. The Morgan fingerprint density at radius 2 is 2.08 bits per heavy atom. The van der Waals surface area contributed by atoms with Crippen LogP contribution in [-0.4, -0.2) is 30.8 Å². The first kappa shape index (κ1) is 9.86. The average molecular weight is 193 g/mol. The van der Waals surface area contributed by atoms with E-state index in [4.69, 9.17) is 6.42 Å². The largest absolute Gasteiger partial charge is 0.490 e. The lowest BCUT2D eigenvalue weighted by Crippen LogP contribution is -2.61. The highest BCUT2D eigenvalue weighted by Crippen LogP contribution is 2.23. The molecule has 1 fully saturated rings. The molecule has 0 aliphatic carbocycles. The Labute approximate surface area is 72.2 Å². The molecule has 72 valence electrons. The van der Waals surface area contributed by atoms with E-state index in [1.54, 1.807) is 0 Å². The first-order chi connectivity index (χ1) is 5.90. The van der Waals surface area contributed by atoms with Gasteiger partial charge in [0.15, 0.2) is 5.60 Å². The zero-order valence-corrected chi connectivity index (χ0v) is 6.44. The SMILES string of the molecule is C#CC1(OC(=O)C(F)(F)F)CNC1. The summed E-state index contributed by atoms with van der Waals surface area (Å²) in [7, 11) is 0. The number of terminal acetylenes is 1. The van der Waals surface area contributed by atoms with Crippen LogP contribution in [0.4, 0.5) is 13.2 Å². The van der Waals surface area contributed by atoms with Gasteiger partial charge in [-0.25, -0.2) is 4.79 Å². The summed E-state index contributed by atoms with van der Waals surface area (Å²) in [5.74, 6) is -0.231. The van der Waals surface area contributed by atoms with Crippen molar-refractivity contribution in [3.05, 3.63) is 0 Å². The second kappa shape index (κ2) is 2.92. The first-order valence-electron chi connectivity index (χ1n) is 3.38. The number of hydrogen-bond donors (Lipinski definition) is 1. The molecule has 0 unspecified atom stereocenters. The molecule has 1 aliphatic rings. The summed E-state index contributed by atoms with van der Waals surface area (Å²) in [5, 5.41) is 2.62. The van der Waals surface area contributed by atoms with Crippen LogP contribution in [0.3, 0.4) is 0 Å². The van der Waals surface area contributed by atoms with Gasteiger partial charge < -0.3 is 10.1 Å². The van der Waals surface area contributed by atoms with Crippen molar-refractivity contribution in [1.29, 1.82) is 0 Å². The highest BCUT2D eigenvalue weighted by atomic mass is 19.4. The maximum Gasteiger partial charge on any atom is 0.490 e. The Morgan fingerprint density at radius 3 is 2.31 bits per heavy atom. The van der Waals surface area contributed by atoms with E-state index in [1.165, 1.54) is 0 Å². The molecule has 6 heteroatoms. The number of alkyl halides is 3. The van der Waals surface area contributed by atoms with E-state index in [0.29, 0.717) is 0 Å². The van der Waals surface area contributed by atoms with Gasteiger partial charge in [-0.2, -0.15) is 13.2 Å². The van der Waals surface area contributed by atoms with Crippen LogP contribution in [0.15, 0.2) is 0 Å². The van der Waals surface area contributed by atoms with Gasteiger partial charge in [-0.05, 0) is 0 Å². The number of esters is 1. The van der Waals surface area contributed by atoms with Gasteiger partial charge >= 0.3 is 12.1 Å². The fraction of sp³-hybridized carbons (Fsp3) is 0.571. The van der Waals surface area contributed by atoms with Crippen LogP contribution >= 0.6 is 0 Å².